The van der Waals surface area contributed by atoms with E-state index in [4.69, 9.17) is 6.42 Å². The molecule has 0 radical (unpaired) electrons. The highest BCUT2D eigenvalue weighted by Gasteiger charge is 2.03. The van der Waals surface area contributed by atoms with Gasteiger partial charge in [-0.1, -0.05) is 54.6 Å². The Morgan fingerprint density at radius 2 is 1.56 bits per heavy atom. The molecule has 0 nitrogen and oxygen atoms in total. The van der Waals surface area contributed by atoms with Crippen molar-refractivity contribution in [1.29, 1.82) is 0 Å². The molecule has 2 aromatic carbocycles. The molecule has 0 spiro atoms. The van der Waals surface area contributed by atoms with Crippen LogP contribution in [0.1, 0.15) is 24.8 Å². The van der Waals surface area contributed by atoms with Gasteiger partial charge < -0.3 is 0 Å². The highest BCUT2D eigenvalue weighted by molar-refractivity contribution is 5.67. The van der Waals surface area contributed by atoms with E-state index in [1.165, 1.54) is 16.7 Å². The van der Waals surface area contributed by atoms with E-state index in [9.17, 15) is 0 Å². The van der Waals surface area contributed by atoms with Crippen molar-refractivity contribution >= 4 is 0 Å². The van der Waals surface area contributed by atoms with E-state index in [0.29, 0.717) is 0 Å². The summed E-state index contributed by atoms with van der Waals surface area (Å²) in [6, 6.07) is 19.2. The minimum absolute atomic E-state index is 0.882. The molecule has 0 heterocycles. The smallest absolute Gasteiger partial charge is 0.00861 e. The van der Waals surface area contributed by atoms with Gasteiger partial charge in [-0.3, -0.25) is 0 Å². The molecule has 2 rings (SSSR count). The van der Waals surface area contributed by atoms with Crippen LogP contribution in [0.25, 0.3) is 11.1 Å². The number of aryl methyl sites for hydroxylation is 1. The number of benzene rings is 2. The molecule has 0 aliphatic heterocycles. The first-order chi connectivity index (χ1) is 8.92. The summed E-state index contributed by atoms with van der Waals surface area (Å²) < 4.78 is 0. The molecular weight excluding hydrogens is 216 g/mol. The van der Waals surface area contributed by atoms with E-state index < -0.39 is 0 Å². The van der Waals surface area contributed by atoms with Crippen molar-refractivity contribution in [3.63, 3.8) is 0 Å². The number of unbranched alkanes of at least 4 members (excludes halogenated alkanes) is 2. The zero-order valence-corrected chi connectivity index (χ0v) is 10.6. The van der Waals surface area contributed by atoms with Crippen LogP contribution in [0.4, 0.5) is 0 Å². The fourth-order valence-corrected chi connectivity index (χ4v) is 2.18. The molecular formula is C18H18. The monoisotopic (exact) mass is 234 g/mol. The van der Waals surface area contributed by atoms with Crippen molar-refractivity contribution in [2.24, 2.45) is 0 Å². The summed E-state index contributed by atoms with van der Waals surface area (Å²) in [6.07, 6.45) is 9.54. The third-order valence-corrected chi connectivity index (χ3v) is 3.12. The van der Waals surface area contributed by atoms with Crippen LogP contribution in [0.2, 0.25) is 0 Å². The SMILES string of the molecule is C#CCCCCc1ccccc1-c1ccccc1. The Balaban J connectivity index is 2.14. The van der Waals surface area contributed by atoms with Gasteiger partial charge in [0.05, 0.1) is 0 Å². The zero-order valence-electron chi connectivity index (χ0n) is 10.6. The predicted octanol–water partition coefficient (Wildman–Crippen LogP) is 4.70. The number of hydrogen-bond donors (Lipinski definition) is 0. The second-order valence-electron chi connectivity index (χ2n) is 4.43. The van der Waals surface area contributed by atoms with E-state index in [2.05, 4.69) is 60.5 Å². The second-order valence-corrected chi connectivity index (χ2v) is 4.43. The van der Waals surface area contributed by atoms with Crippen LogP contribution in [0.15, 0.2) is 54.6 Å². The quantitative estimate of drug-likeness (QED) is 0.519. The fourth-order valence-electron chi connectivity index (χ4n) is 2.18. The van der Waals surface area contributed by atoms with Crippen molar-refractivity contribution < 1.29 is 0 Å². The molecule has 0 bridgehead atoms. The van der Waals surface area contributed by atoms with Crippen molar-refractivity contribution in [1.82, 2.24) is 0 Å². The highest BCUT2D eigenvalue weighted by atomic mass is 14.1. The lowest BCUT2D eigenvalue weighted by atomic mass is 9.96. The van der Waals surface area contributed by atoms with Gasteiger partial charge in [0.25, 0.3) is 0 Å². The standard InChI is InChI=1S/C18H18/c1-2-3-4-6-11-17-14-9-10-15-18(17)16-12-7-5-8-13-16/h1,5,7-10,12-15H,3-4,6,11H2. The van der Waals surface area contributed by atoms with Crippen LogP contribution in [0.5, 0.6) is 0 Å². The molecule has 0 saturated carbocycles. The average Bonchev–Trinajstić information content (AvgIpc) is 2.45. The maximum Gasteiger partial charge on any atom is 0.00861 e. The van der Waals surface area contributed by atoms with Crippen LogP contribution in [-0.2, 0) is 6.42 Å². The van der Waals surface area contributed by atoms with E-state index in [1.807, 2.05) is 0 Å². The first-order valence-electron chi connectivity index (χ1n) is 6.48. The van der Waals surface area contributed by atoms with Gasteiger partial charge in [0.15, 0.2) is 0 Å². The lowest BCUT2D eigenvalue weighted by Crippen LogP contribution is -1.90. The van der Waals surface area contributed by atoms with Crippen LogP contribution in [0, 0.1) is 12.3 Å². The molecule has 0 atom stereocenters. The molecule has 0 amide bonds. The second kappa shape index (κ2) is 6.67. The first kappa shape index (κ1) is 12.5. The Hall–Kier alpha value is -2.00. The lowest BCUT2D eigenvalue weighted by molar-refractivity contribution is 0.757. The predicted molar refractivity (Wildman–Crippen MR) is 78.3 cm³/mol. The summed E-state index contributed by atoms with van der Waals surface area (Å²) in [5, 5.41) is 0. The fraction of sp³-hybridized carbons (Fsp3) is 0.222. The van der Waals surface area contributed by atoms with Gasteiger partial charge in [-0.05, 0) is 36.0 Å². The van der Waals surface area contributed by atoms with Gasteiger partial charge in [-0.25, -0.2) is 0 Å². The summed E-state index contributed by atoms with van der Waals surface area (Å²) in [6.45, 7) is 0. The van der Waals surface area contributed by atoms with Gasteiger partial charge in [0.2, 0.25) is 0 Å². The van der Waals surface area contributed by atoms with Gasteiger partial charge >= 0.3 is 0 Å². The van der Waals surface area contributed by atoms with Gasteiger partial charge in [-0.15, -0.1) is 12.3 Å². The summed E-state index contributed by atoms with van der Waals surface area (Å²) >= 11 is 0. The molecule has 0 saturated heterocycles. The van der Waals surface area contributed by atoms with Crippen LogP contribution >= 0.6 is 0 Å². The summed E-state index contributed by atoms with van der Waals surface area (Å²) in [5.74, 6) is 2.70. The molecule has 2 aromatic rings. The Morgan fingerprint density at radius 1 is 0.833 bits per heavy atom. The molecule has 0 fully saturated rings. The van der Waals surface area contributed by atoms with Crippen LogP contribution in [-0.4, -0.2) is 0 Å². The Bertz CT molecular complexity index is 517. The number of terminal acetylenes is 1. The molecule has 18 heavy (non-hydrogen) atoms. The van der Waals surface area contributed by atoms with Gasteiger partial charge in [0.1, 0.15) is 0 Å². The first-order valence-corrected chi connectivity index (χ1v) is 6.48. The molecule has 0 N–H and O–H groups in total. The van der Waals surface area contributed by atoms with Crippen molar-refractivity contribution in [3.05, 3.63) is 60.2 Å². The van der Waals surface area contributed by atoms with E-state index in [1.54, 1.807) is 0 Å². The van der Waals surface area contributed by atoms with Gasteiger partial charge in [-0.2, -0.15) is 0 Å². The van der Waals surface area contributed by atoms with Crippen LogP contribution < -0.4 is 0 Å². The molecule has 0 aliphatic rings. The van der Waals surface area contributed by atoms with Gasteiger partial charge in [0, 0.05) is 6.42 Å². The maximum absolute atomic E-state index is 5.28. The molecule has 0 unspecified atom stereocenters. The third-order valence-electron chi connectivity index (χ3n) is 3.12. The third kappa shape index (κ3) is 3.25. The molecule has 90 valence electrons. The molecule has 0 aromatic heterocycles. The van der Waals surface area contributed by atoms with Crippen LogP contribution in [0.3, 0.4) is 0 Å². The number of hydrogen-bond acceptors (Lipinski definition) is 0. The largest absolute Gasteiger partial charge is 0.120 e. The molecule has 0 aliphatic carbocycles. The minimum Gasteiger partial charge on any atom is -0.120 e. The molecule has 0 heteroatoms. The van der Waals surface area contributed by atoms with Crippen molar-refractivity contribution in [2.75, 3.05) is 0 Å². The summed E-state index contributed by atoms with van der Waals surface area (Å²) in [4.78, 5) is 0. The zero-order chi connectivity index (χ0) is 12.6. The normalized spacial score (nSPS) is 9.94. The lowest BCUT2D eigenvalue weighted by Gasteiger charge is -2.09. The Morgan fingerprint density at radius 3 is 2.33 bits per heavy atom. The summed E-state index contributed by atoms with van der Waals surface area (Å²) in [7, 11) is 0. The van der Waals surface area contributed by atoms with Crippen molar-refractivity contribution in [3.8, 4) is 23.5 Å². The summed E-state index contributed by atoms with van der Waals surface area (Å²) in [5.41, 5.74) is 4.06. The maximum atomic E-state index is 5.28. The van der Waals surface area contributed by atoms with E-state index in [0.717, 1.165) is 25.7 Å². The van der Waals surface area contributed by atoms with Crippen molar-refractivity contribution in [2.45, 2.75) is 25.7 Å². The Kier molecular flexibility index (Phi) is 4.61. The average molecular weight is 234 g/mol. The minimum atomic E-state index is 0.882. The topological polar surface area (TPSA) is 0 Å². The van der Waals surface area contributed by atoms with E-state index in [-0.39, 0.29) is 0 Å². The number of rotatable bonds is 5. The Labute approximate surface area is 110 Å². The van der Waals surface area contributed by atoms with E-state index >= 15 is 0 Å². The highest BCUT2D eigenvalue weighted by Crippen LogP contribution is 2.24.